The summed E-state index contributed by atoms with van der Waals surface area (Å²) in [7, 11) is 0. The van der Waals surface area contributed by atoms with Crippen molar-refractivity contribution >= 4 is 22.5 Å². The smallest absolute Gasteiger partial charge is 0.416 e. The Morgan fingerprint density at radius 3 is 2.36 bits per heavy atom. The first-order valence-electron chi connectivity index (χ1n) is 10.6. The molecule has 0 saturated heterocycles. The zero-order chi connectivity index (χ0) is 24.3. The number of aliphatic hydroxyl groups is 1. The van der Waals surface area contributed by atoms with Crippen molar-refractivity contribution < 1.29 is 28.2 Å². The normalized spacial score (nSPS) is 12.4. The molecule has 1 aromatic heterocycles. The predicted molar refractivity (Wildman–Crippen MR) is 121 cm³/mol. The molecule has 0 fully saturated rings. The number of hydrogen-bond donors (Lipinski definition) is 3. The molecule has 9 heteroatoms. The fourth-order valence-electron chi connectivity index (χ4n) is 3.81. The standard InChI is InChI=1S/C24H26F3N3O3/c1-4-19(28-29-21(32)6-5-9-31)22-18-8-7-16(24(25,26)27)13-20(18)30(23(22)33)17-11-14(2)10-15(3)12-17/h7-8,10-13,31,33H,4-6,9H2,1-3H3,(H,29,32). The summed E-state index contributed by atoms with van der Waals surface area (Å²) in [5.74, 6) is -0.675. The van der Waals surface area contributed by atoms with Gasteiger partial charge in [-0.1, -0.05) is 19.1 Å². The van der Waals surface area contributed by atoms with Crippen LogP contribution in [0.25, 0.3) is 16.6 Å². The highest BCUT2D eigenvalue weighted by Crippen LogP contribution is 2.39. The van der Waals surface area contributed by atoms with E-state index < -0.39 is 17.6 Å². The van der Waals surface area contributed by atoms with E-state index in [1.165, 1.54) is 10.6 Å². The van der Waals surface area contributed by atoms with Crippen molar-refractivity contribution in [1.82, 2.24) is 9.99 Å². The molecule has 3 N–H and O–H groups in total. The zero-order valence-corrected chi connectivity index (χ0v) is 18.6. The van der Waals surface area contributed by atoms with Crippen molar-refractivity contribution in [2.45, 2.75) is 46.2 Å². The van der Waals surface area contributed by atoms with E-state index in [9.17, 15) is 23.1 Å². The van der Waals surface area contributed by atoms with Crippen LogP contribution < -0.4 is 5.43 Å². The number of carbonyl (C=O) groups excluding carboxylic acids is 1. The van der Waals surface area contributed by atoms with Crippen LogP contribution in [0.1, 0.15) is 48.4 Å². The van der Waals surface area contributed by atoms with Crippen LogP contribution in [0, 0.1) is 13.8 Å². The molecule has 1 heterocycles. The van der Waals surface area contributed by atoms with Gasteiger partial charge in [-0.05, 0) is 62.1 Å². The molecule has 0 radical (unpaired) electrons. The zero-order valence-electron chi connectivity index (χ0n) is 18.6. The van der Waals surface area contributed by atoms with Gasteiger partial charge in [-0.15, -0.1) is 0 Å². The number of fused-ring (bicyclic) bond motifs is 1. The molecule has 3 rings (SSSR count). The molecule has 0 aliphatic rings. The second-order valence-corrected chi connectivity index (χ2v) is 7.88. The minimum absolute atomic E-state index is 0.0717. The summed E-state index contributed by atoms with van der Waals surface area (Å²) in [4.78, 5) is 11.9. The molecule has 3 aromatic rings. The molecule has 176 valence electrons. The van der Waals surface area contributed by atoms with Crippen molar-refractivity contribution in [2.24, 2.45) is 5.10 Å². The average Bonchev–Trinajstić information content (AvgIpc) is 3.02. The van der Waals surface area contributed by atoms with Crippen molar-refractivity contribution in [3.63, 3.8) is 0 Å². The highest BCUT2D eigenvalue weighted by atomic mass is 19.4. The highest BCUT2D eigenvalue weighted by molar-refractivity contribution is 6.14. The van der Waals surface area contributed by atoms with E-state index in [0.29, 0.717) is 23.2 Å². The number of carbonyl (C=O) groups is 1. The molecule has 0 aliphatic heterocycles. The number of aromatic nitrogens is 1. The van der Waals surface area contributed by atoms with E-state index in [4.69, 9.17) is 5.11 Å². The van der Waals surface area contributed by atoms with E-state index in [2.05, 4.69) is 10.5 Å². The van der Waals surface area contributed by atoms with Crippen molar-refractivity contribution in [3.8, 4) is 11.6 Å². The largest absolute Gasteiger partial charge is 0.494 e. The van der Waals surface area contributed by atoms with Crippen LogP contribution in [-0.4, -0.2) is 33.0 Å². The number of nitrogens with zero attached hydrogens (tertiary/aromatic N) is 2. The van der Waals surface area contributed by atoms with Crippen molar-refractivity contribution in [3.05, 3.63) is 58.7 Å². The van der Waals surface area contributed by atoms with E-state index >= 15 is 0 Å². The summed E-state index contributed by atoms with van der Waals surface area (Å²) in [5.41, 5.74) is 4.60. The van der Waals surface area contributed by atoms with Gasteiger partial charge in [0.25, 0.3) is 0 Å². The Morgan fingerprint density at radius 1 is 1.12 bits per heavy atom. The molecule has 0 unspecified atom stereocenters. The van der Waals surface area contributed by atoms with Crippen LogP contribution in [0.5, 0.6) is 5.88 Å². The first kappa shape index (κ1) is 24.3. The molecule has 0 spiro atoms. The molecule has 2 aromatic carbocycles. The minimum atomic E-state index is -4.55. The number of hydrazone groups is 1. The van der Waals surface area contributed by atoms with Crippen molar-refractivity contribution in [2.75, 3.05) is 6.61 Å². The molecule has 0 atom stereocenters. The van der Waals surface area contributed by atoms with Gasteiger partial charge in [0.2, 0.25) is 11.8 Å². The van der Waals surface area contributed by atoms with E-state index in [1.807, 2.05) is 19.9 Å². The van der Waals surface area contributed by atoms with E-state index in [1.54, 1.807) is 19.1 Å². The Kier molecular flexibility index (Phi) is 7.12. The molecule has 0 saturated carbocycles. The Balaban J connectivity index is 2.25. The number of halogens is 3. The van der Waals surface area contributed by atoms with Gasteiger partial charge in [0.05, 0.1) is 22.4 Å². The molecule has 0 bridgehead atoms. The predicted octanol–water partition coefficient (Wildman–Crippen LogP) is 4.97. The fraction of sp³-hybridized carbons (Fsp3) is 0.333. The molecular weight excluding hydrogens is 435 g/mol. The summed E-state index contributed by atoms with van der Waals surface area (Å²) in [6.45, 7) is 5.36. The van der Waals surface area contributed by atoms with Crippen molar-refractivity contribution in [1.29, 1.82) is 0 Å². The Bertz CT molecular complexity index is 1190. The third-order valence-corrected chi connectivity index (χ3v) is 5.24. The van der Waals surface area contributed by atoms with E-state index in [0.717, 1.165) is 23.3 Å². The maximum atomic E-state index is 13.5. The molecule has 6 nitrogen and oxygen atoms in total. The molecule has 33 heavy (non-hydrogen) atoms. The lowest BCUT2D eigenvalue weighted by Crippen LogP contribution is -2.20. The minimum Gasteiger partial charge on any atom is -0.494 e. The summed E-state index contributed by atoms with van der Waals surface area (Å²) in [6, 6.07) is 8.75. The lowest BCUT2D eigenvalue weighted by Gasteiger charge is -2.11. The number of nitrogens with one attached hydrogen (secondary N) is 1. The van der Waals surface area contributed by atoms with Gasteiger partial charge in [0.1, 0.15) is 0 Å². The maximum Gasteiger partial charge on any atom is 0.416 e. The second-order valence-electron chi connectivity index (χ2n) is 7.88. The third kappa shape index (κ3) is 5.19. The topological polar surface area (TPSA) is 86.8 Å². The number of aryl methyl sites for hydroxylation is 2. The van der Waals surface area contributed by atoms with Crippen LogP contribution in [0.4, 0.5) is 13.2 Å². The fourth-order valence-corrected chi connectivity index (χ4v) is 3.81. The number of amides is 1. The Hall–Kier alpha value is -3.33. The Labute approximate surface area is 189 Å². The lowest BCUT2D eigenvalue weighted by atomic mass is 10.0. The van der Waals surface area contributed by atoms with Gasteiger partial charge >= 0.3 is 6.18 Å². The third-order valence-electron chi connectivity index (χ3n) is 5.24. The monoisotopic (exact) mass is 461 g/mol. The molecular formula is C24H26F3N3O3. The van der Waals surface area contributed by atoms with Crippen LogP contribution in [-0.2, 0) is 11.0 Å². The SMILES string of the molecule is CCC(=NNC(=O)CCCO)c1c(O)n(-c2cc(C)cc(C)c2)c2cc(C(F)(F)F)ccc12. The summed E-state index contributed by atoms with van der Waals surface area (Å²) in [6.07, 6.45) is -3.90. The van der Waals surface area contributed by atoms with Gasteiger partial charge < -0.3 is 10.2 Å². The summed E-state index contributed by atoms with van der Waals surface area (Å²) < 4.78 is 41.8. The Morgan fingerprint density at radius 2 is 1.79 bits per heavy atom. The molecule has 1 amide bonds. The van der Waals surface area contributed by atoms with Crippen LogP contribution >= 0.6 is 0 Å². The van der Waals surface area contributed by atoms with Gasteiger partial charge in [-0.25, -0.2) is 5.43 Å². The number of alkyl halides is 3. The lowest BCUT2D eigenvalue weighted by molar-refractivity contribution is -0.137. The number of rotatable bonds is 7. The summed E-state index contributed by atoms with van der Waals surface area (Å²) in [5, 5.41) is 24.6. The molecule has 0 aliphatic carbocycles. The second kappa shape index (κ2) is 9.66. The highest BCUT2D eigenvalue weighted by Gasteiger charge is 2.32. The number of aromatic hydroxyl groups is 1. The first-order valence-corrected chi connectivity index (χ1v) is 10.6. The van der Waals surface area contributed by atoms with Gasteiger partial charge in [-0.3, -0.25) is 9.36 Å². The number of aliphatic hydroxyl groups excluding tert-OH is 1. The average molecular weight is 461 g/mol. The van der Waals surface area contributed by atoms with Crippen LogP contribution in [0.3, 0.4) is 0 Å². The van der Waals surface area contributed by atoms with Crippen LogP contribution in [0.15, 0.2) is 41.5 Å². The van der Waals surface area contributed by atoms with Gasteiger partial charge in [-0.2, -0.15) is 18.3 Å². The van der Waals surface area contributed by atoms with Gasteiger partial charge in [0.15, 0.2) is 0 Å². The van der Waals surface area contributed by atoms with Crippen LogP contribution in [0.2, 0.25) is 0 Å². The summed E-state index contributed by atoms with van der Waals surface area (Å²) >= 11 is 0. The van der Waals surface area contributed by atoms with E-state index in [-0.39, 0.29) is 36.4 Å². The maximum absolute atomic E-state index is 13.5. The quantitative estimate of drug-likeness (QED) is 0.343. The van der Waals surface area contributed by atoms with Gasteiger partial charge in [0, 0.05) is 24.1 Å². The number of hydrogen-bond acceptors (Lipinski definition) is 4. The first-order chi connectivity index (χ1) is 15.6. The number of benzene rings is 2.